The summed E-state index contributed by atoms with van der Waals surface area (Å²) in [6.45, 7) is 5.86. The van der Waals surface area contributed by atoms with Crippen LogP contribution in [0.1, 0.15) is 12.0 Å². The van der Waals surface area contributed by atoms with Gasteiger partial charge in [0, 0.05) is 6.54 Å². The number of anilines is 1. The molecule has 2 rings (SSSR count). The van der Waals surface area contributed by atoms with Crippen molar-refractivity contribution in [1.29, 1.82) is 0 Å². The topological polar surface area (TPSA) is 66.8 Å². The number of carboxylic acids is 1. The number of aliphatic carboxylic acids is 1. The number of amides is 1. The van der Waals surface area contributed by atoms with Crippen LogP contribution in [0.25, 0.3) is 0 Å². The molecule has 0 radical (unpaired) electrons. The standard InChI is InChI=1S/C14H15NO4/c1-3-6-15-10-7-9(2)4-5-11(10)19-12(14(15)18)8-13(16)17/h3-5,7,12H,1,6,8H2,2H3,(H,16,17). The number of ether oxygens (including phenoxy) is 1. The zero-order chi connectivity index (χ0) is 14.0. The molecule has 5 heteroatoms. The minimum atomic E-state index is -1.06. The molecule has 0 bridgehead atoms. The Kier molecular flexibility index (Phi) is 3.55. The van der Waals surface area contributed by atoms with Gasteiger partial charge in [0.25, 0.3) is 5.91 Å². The van der Waals surface area contributed by atoms with Crippen molar-refractivity contribution in [2.75, 3.05) is 11.4 Å². The van der Waals surface area contributed by atoms with Gasteiger partial charge in [0.15, 0.2) is 6.10 Å². The van der Waals surface area contributed by atoms with Gasteiger partial charge in [0.2, 0.25) is 0 Å². The fourth-order valence-corrected chi connectivity index (χ4v) is 2.04. The van der Waals surface area contributed by atoms with E-state index >= 15 is 0 Å². The second-order valence-corrected chi connectivity index (χ2v) is 4.41. The van der Waals surface area contributed by atoms with E-state index in [2.05, 4.69) is 6.58 Å². The SMILES string of the molecule is C=CCN1C(=O)C(CC(=O)O)Oc2ccc(C)cc21. The number of carbonyl (C=O) groups is 2. The van der Waals surface area contributed by atoms with Crippen LogP contribution < -0.4 is 9.64 Å². The Labute approximate surface area is 111 Å². The van der Waals surface area contributed by atoms with Gasteiger partial charge >= 0.3 is 5.97 Å². The Balaban J connectivity index is 2.40. The zero-order valence-corrected chi connectivity index (χ0v) is 10.6. The van der Waals surface area contributed by atoms with Crippen molar-refractivity contribution >= 4 is 17.6 Å². The van der Waals surface area contributed by atoms with E-state index in [-0.39, 0.29) is 12.3 Å². The van der Waals surface area contributed by atoms with Crippen LogP contribution in [0.4, 0.5) is 5.69 Å². The van der Waals surface area contributed by atoms with Crippen LogP contribution in [-0.2, 0) is 9.59 Å². The predicted octanol–water partition coefficient (Wildman–Crippen LogP) is 1.75. The summed E-state index contributed by atoms with van der Waals surface area (Å²) in [5.41, 5.74) is 1.66. The van der Waals surface area contributed by atoms with Gasteiger partial charge in [0.1, 0.15) is 5.75 Å². The fourth-order valence-electron chi connectivity index (χ4n) is 2.04. The lowest BCUT2D eigenvalue weighted by molar-refractivity contribution is -0.142. The Morgan fingerprint density at radius 2 is 2.32 bits per heavy atom. The molecule has 1 heterocycles. The van der Waals surface area contributed by atoms with Crippen LogP contribution in [0, 0.1) is 6.92 Å². The van der Waals surface area contributed by atoms with Crippen LogP contribution in [-0.4, -0.2) is 29.6 Å². The molecule has 0 saturated carbocycles. The molecule has 1 N–H and O–H groups in total. The lowest BCUT2D eigenvalue weighted by atomic mass is 10.1. The quantitative estimate of drug-likeness (QED) is 0.838. The molecule has 0 fully saturated rings. The molecule has 1 atom stereocenters. The molecule has 5 nitrogen and oxygen atoms in total. The second-order valence-electron chi connectivity index (χ2n) is 4.41. The number of rotatable bonds is 4. The minimum Gasteiger partial charge on any atom is -0.481 e. The predicted molar refractivity (Wildman–Crippen MR) is 70.4 cm³/mol. The average Bonchev–Trinajstić information content (AvgIpc) is 2.35. The van der Waals surface area contributed by atoms with Gasteiger partial charge in [-0.1, -0.05) is 12.1 Å². The smallest absolute Gasteiger partial charge is 0.307 e. The summed E-state index contributed by atoms with van der Waals surface area (Å²) in [6.07, 6.45) is 0.278. The highest BCUT2D eigenvalue weighted by atomic mass is 16.5. The maximum atomic E-state index is 12.2. The van der Waals surface area contributed by atoms with Gasteiger partial charge in [-0.25, -0.2) is 0 Å². The number of aryl methyl sites for hydroxylation is 1. The first-order valence-electron chi connectivity index (χ1n) is 5.94. The molecular weight excluding hydrogens is 246 g/mol. The summed E-state index contributed by atoms with van der Waals surface area (Å²) < 4.78 is 5.48. The first kappa shape index (κ1) is 13.1. The molecule has 0 saturated heterocycles. The Morgan fingerprint density at radius 1 is 1.58 bits per heavy atom. The van der Waals surface area contributed by atoms with E-state index < -0.39 is 12.1 Å². The average molecular weight is 261 g/mol. The number of carboxylic acid groups (broad SMARTS) is 1. The maximum absolute atomic E-state index is 12.2. The second kappa shape index (κ2) is 5.14. The van der Waals surface area contributed by atoms with Gasteiger partial charge < -0.3 is 14.7 Å². The number of fused-ring (bicyclic) bond motifs is 1. The Hall–Kier alpha value is -2.30. The van der Waals surface area contributed by atoms with Crippen molar-refractivity contribution in [2.45, 2.75) is 19.4 Å². The lowest BCUT2D eigenvalue weighted by Crippen LogP contribution is -2.46. The van der Waals surface area contributed by atoms with Gasteiger partial charge in [-0.2, -0.15) is 0 Å². The zero-order valence-electron chi connectivity index (χ0n) is 10.6. The van der Waals surface area contributed by atoms with E-state index in [1.807, 2.05) is 19.1 Å². The van der Waals surface area contributed by atoms with E-state index in [0.29, 0.717) is 18.0 Å². The van der Waals surface area contributed by atoms with Crippen molar-refractivity contribution in [3.8, 4) is 5.75 Å². The molecule has 0 aromatic heterocycles. The van der Waals surface area contributed by atoms with E-state index in [1.165, 1.54) is 4.90 Å². The monoisotopic (exact) mass is 261 g/mol. The van der Waals surface area contributed by atoms with Crippen molar-refractivity contribution < 1.29 is 19.4 Å². The molecule has 1 aromatic carbocycles. The van der Waals surface area contributed by atoms with Gasteiger partial charge in [-0.05, 0) is 24.6 Å². The molecule has 0 spiro atoms. The molecule has 1 aliphatic heterocycles. The van der Waals surface area contributed by atoms with Crippen LogP contribution >= 0.6 is 0 Å². The van der Waals surface area contributed by atoms with Crippen LogP contribution in [0.5, 0.6) is 5.75 Å². The molecule has 100 valence electrons. The normalized spacial score (nSPS) is 17.6. The summed E-state index contributed by atoms with van der Waals surface area (Å²) in [7, 11) is 0. The lowest BCUT2D eigenvalue weighted by Gasteiger charge is -2.33. The van der Waals surface area contributed by atoms with Gasteiger partial charge in [-0.3, -0.25) is 9.59 Å². The largest absolute Gasteiger partial charge is 0.481 e. The third kappa shape index (κ3) is 2.59. The number of benzene rings is 1. The summed E-state index contributed by atoms with van der Waals surface area (Å²) in [5.74, 6) is -0.883. The van der Waals surface area contributed by atoms with Crippen molar-refractivity contribution in [3.63, 3.8) is 0 Å². The summed E-state index contributed by atoms with van der Waals surface area (Å²) >= 11 is 0. The van der Waals surface area contributed by atoms with E-state index in [1.54, 1.807) is 12.1 Å². The van der Waals surface area contributed by atoms with E-state index in [4.69, 9.17) is 9.84 Å². The highest BCUT2D eigenvalue weighted by Gasteiger charge is 2.35. The third-order valence-corrected chi connectivity index (χ3v) is 2.89. The fraction of sp³-hybridized carbons (Fsp3) is 0.286. The van der Waals surface area contributed by atoms with Crippen molar-refractivity contribution in [2.24, 2.45) is 0 Å². The Morgan fingerprint density at radius 3 is 2.95 bits per heavy atom. The van der Waals surface area contributed by atoms with E-state index in [0.717, 1.165) is 5.56 Å². The van der Waals surface area contributed by atoms with Crippen molar-refractivity contribution in [1.82, 2.24) is 0 Å². The maximum Gasteiger partial charge on any atom is 0.307 e. The van der Waals surface area contributed by atoms with Crippen LogP contribution in [0.2, 0.25) is 0 Å². The molecule has 19 heavy (non-hydrogen) atoms. The summed E-state index contributed by atoms with van der Waals surface area (Å²) in [6, 6.07) is 5.45. The molecule has 1 aromatic rings. The summed E-state index contributed by atoms with van der Waals surface area (Å²) in [4.78, 5) is 24.5. The molecular formula is C14H15NO4. The third-order valence-electron chi connectivity index (χ3n) is 2.89. The van der Waals surface area contributed by atoms with E-state index in [9.17, 15) is 9.59 Å². The number of nitrogens with zero attached hydrogens (tertiary/aromatic N) is 1. The highest BCUT2D eigenvalue weighted by Crippen LogP contribution is 2.35. The first-order chi connectivity index (χ1) is 9.02. The molecule has 0 aliphatic carbocycles. The molecule has 1 aliphatic rings. The van der Waals surface area contributed by atoms with Gasteiger partial charge in [0.05, 0.1) is 12.1 Å². The highest BCUT2D eigenvalue weighted by molar-refractivity contribution is 6.01. The number of carbonyl (C=O) groups excluding carboxylic acids is 1. The van der Waals surface area contributed by atoms with Crippen LogP contribution in [0.15, 0.2) is 30.9 Å². The first-order valence-corrected chi connectivity index (χ1v) is 5.94. The van der Waals surface area contributed by atoms with Gasteiger partial charge in [-0.15, -0.1) is 6.58 Å². The number of hydrogen-bond acceptors (Lipinski definition) is 3. The summed E-state index contributed by atoms with van der Waals surface area (Å²) in [5, 5.41) is 8.82. The minimum absolute atomic E-state index is 0.328. The molecule has 1 amide bonds. The van der Waals surface area contributed by atoms with Crippen molar-refractivity contribution in [3.05, 3.63) is 36.4 Å². The Bertz CT molecular complexity index is 538. The van der Waals surface area contributed by atoms with Crippen LogP contribution in [0.3, 0.4) is 0 Å². The molecule has 1 unspecified atom stereocenters. The number of hydrogen-bond donors (Lipinski definition) is 1.